The van der Waals surface area contributed by atoms with Crippen molar-refractivity contribution in [3.63, 3.8) is 0 Å². The minimum Gasteiger partial charge on any atom is -0.505 e. The van der Waals surface area contributed by atoms with Crippen molar-refractivity contribution in [3.05, 3.63) is 29.6 Å². The molecular weight excluding hydrogens is 229 g/mol. The Morgan fingerprint density at radius 3 is 2.61 bits per heavy atom. The second-order valence-electron chi connectivity index (χ2n) is 6.11. The number of halogens is 1. The van der Waals surface area contributed by atoms with Crippen molar-refractivity contribution in [2.75, 3.05) is 0 Å². The van der Waals surface area contributed by atoms with Crippen molar-refractivity contribution in [1.29, 1.82) is 0 Å². The van der Waals surface area contributed by atoms with Gasteiger partial charge in [0, 0.05) is 12.6 Å². The number of aromatic hydroxyl groups is 1. The molecule has 2 N–H and O–H groups in total. The fourth-order valence-corrected chi connectivity index (χ4v) is 2.53. The van der Waals surface area contributed by atoms with Gasteiger partial charge >= 0.3 is 0 Å². The molecule has 1 aliphatic carbocycles. The fourth-order valence-electron chi connectivity index (χ4n) is 2.53. The number of nitrogens with one attached hydrogen (secondary N) is 1. The highest BCUT2D eigenvalue weighted by atomic mass is 19.1. The normalized spacial score (nSPS) is 19.9. The molecule has 1 aromatic carbocycles. The summed E-state index contributed by atoms with van der Waals surface area (Å²) in [5.74, 6) is -0.822. The largest absolute Gasteiger partial charge is 0.505 e. The minimum absolute atomic E-state index is 0.279. The Bertz CT molecular complexity index is 407. The molecule has 2 nitrogen and oxygen atoms in total. The molecule has 0 aliphatic heterocycles. The zero-order valence-electron chi connectivity index (χ0n) is 11.2. The molecule has 0 saturated heterocycles. The van der Waals surface area contributed by atoms with E-state index in [1.54, 1.807) is 6.07 Å². The molecule has 2 rings (SSSR count). The highest BCUT2D eigenvalue weighted by Gasteiger charge is 2.26. The Kier molecular flexibility index (Phi) is 3.91. The average Bonchev–Trinajstić information content (AvgIpc) is 2.32. The zero-order valence-corrected chi connectivity index (χ0v) is 11.2. The summed E-state index contributed by atoms with van der Waals surface area (Å²) in [6.07, 6.45) is 4.87. The van der Waals surface area contributed by atoms with Gasteiger partial charge in [-0.05, 0) is 48.8 Å². The van der Waals surface area contributed by atoms with E-state index in [-0.39, 0.29) is 5.75 Å². The van der Waals surface area contributed by atoms with Crippen LogP contribution in [0.1, 0.15) is 45.1 Å². The lowest BCUT2D eigenvalue weighted by Crippen LogP contribution is -2.35. The van der Waals surface area contributed by atoms with Gasteiger partial charge in [-0.2, -0.15) is 0 Å². The van der Waals surface area contributed by atoms with Gasteiger partial charge in [0.25, 0.3) is 0 Å². The highest BCUT2D eigenvalue weighted by Crippen LogP contribution is 2.35. The third-order valence-electron chi connectivity index (χ3n) is 3.95. The zero-order chi connectivity index (χ0) is 13.2. The van der Waals surface area contributed by atoms with Crippen LogP contribution in [-0.2, 0) is 6.54 Å². The van der Waals surface area contributed by atoms with E-state index in [4.69, 9.17) is 5.11 Å². The minimum atomic E-state index is -0.543. The van der Waals surface area contributed by atoms with Gasteiger partial charge in [-0.3, -0.25) is 0 Å². The summed E-state index contributed by atoms with van der Waals surface area (Å²) in [4.78, 5) is 0. The molecule has 1 aliphatic rings. The Morgan fingerprint density at radius 1 is 1.33 bits per heavy atom. The fraction of sp³-hybridized carbons (Fsp3) is 0.600. The molecule has 18 heavy (non-hydrogen) atoms. The monoisotopic (exact) mass is 251 g/mol. The first-order valence-corrected chi connectivity index (χ1v) is 6.67. The average molecular weight is 251 g/mol. The van der Waals surface area contributed by atoms with Crippen LogP contribution in [-0.4, -0.2) is 11.1 Å². The number of phenols is 1. The number of benzene rings is 1. The molecular formula is C15H22FNO. The molecule has 0 bridgehead atoms. The molecule has 1 saturated carbocycles. The maximum Gasteiger partial charge on any atom is 0.165 e. The van der Waals surface area contributed by atoms with Crippen molar-refractivity contribution in [3.8, 4) is 5.75 Å². The van der Waals surface area contributed by atoms with E-state index in [0.717, 1.165) is 5.56 Å². The molecule has 1 fully saturated rings. The van der Waals surface area contributed by atoms with E-state index in [2.05, 4.69) is 19.2 Å². The molecule has 0 heterocycles. The summed E-state index contributed by atoms with van der Waals surface area (Å²) >= 11 is 0. The van der Waals surface area contributed by atoms with E-state index in [1.807, 2.05) is 0 Å². The SMILES string of the molecule is CC1(C)CCC(NCc2ccc(O)c(F)c2)CC1. The van der Waals surface area contributed by atoms with Crippen LogP contribution in [0.25, 0.3) is 0 Å². The van der Waals surface area contributed by atoms with Crippen molar-refractivity contribution in [1.82, 2.24) is 5.32 Å². The smallest absolute Gasteiger partial charge is 0.165 e. The summed E-state index contributed by atoms with van der Waals surface area (Å²) in [5, 5.41) is 12.6. The highest BCUT2D eigenvalue weighted by molar-refractivity contribution is 5.27. The predicted molar refractivity (Wildman–Crippen MR) is 70.9 cm³/mol. The van der Waals surface area contributed by atoms with E-state index in [1.165, 1.54) is 37.8 Å². The molecule has 0 unspecified atom stereocenters. The van der Waals surface area contributed by atoms with Crippen LogP contribution in [0.4, 0.5) is 4.39 Å². The molecule has 0 radical (unpaired) electrons. The number of rotatable bonds is 3. The van der Waals surface area contributed by atoms with E-state index >= 15 is 0 Å². The van der Waals surface area contributed by atoms with Crippen LogP contribution >= 0.6 is 0 Å². The second-order valence-corrected chi connectivity index (χ2v) is 6.11. The van der Waals surface area contributed by atoms with Crippen LogP contribution in [0.3, 0.4) is 0 Å². The Morgan fingerprint density at radius 2 is 2.00 bits per heavy atom. The first-order chi connectivity index (χ1) is 8.46. The summed E-state index contributed by atoms with van der Waals surface area (Å²) in [6, 6.07) is 5.11. The number of phenolic OH excluding ortho intramolecular Hbond substituents is 1. The lowest BCUT2D eigenvalue weighted by atomic mass is 9.75. The third kappa shape index (κ3) is 3.45. The van der Waals surface area contributed by atoms with Gasteiger partial charge in [0.05, 0.1) is 0 Å². The van der Waals surface area contributed by atoms with Gasteiger partial charge in [0.2, 0.25) is 0 Å². The Balaban J connectivity index is 1.83. The molecule has 1 aromatic rings. The molecule has 100 valence electrons. The number of hydrogen-bond donors (Lipinski definition) is 2. The van der Waals surface area contributed by atoms with Crippen LogP contribution < -0.4 is 5.32 Å². The van der Waals surface area contributed by atoms with E-state index in [0.29, 0.717) is 18.0 Å². The van der Waals surface area contributed by atoms with Gasteiger partial charge < -0.3 is 10.4 Å². The molecule has 0 spiro atoms. The van der Waals surface area contributed by atoms with Crippen molar-refractivity contribution in [2.45, 2.75) is 52.1 Å². The third-order valence-corrected chi connectivity index (χ3v) is 3.95. The summed E-state index contributed by atoms with van der Waals surface area (Å²) in [5.41, 5.74) is 1.36. The quantitative estimate of drug-likeness (QED) is 0.860. The first kappa shape index (κ1) is 13.3. The van der Waals surface area contributed by atoms with Crippen molar-refractivity contribution >= 4 is 0 Å². The Hall–Kier alpha value is -1.09. The topological polar surface area (TPSA) is 32.3 Å². The van der Waals surface area contributed by atoms with Gasteiger partial charge in [-0.1, -0.05) is 19.9 Å². The van der Waals surface area contributed by atoms with Crippen LogP contribution in [0, 0.1) is 11.2 Å². The molecule has 3 heteroatoms. The molecule has 0 aromatic heterocycles. The number of hydrogen-bond acceptors (Lipinski definition) is 2. The van der Waals surface area contributed by atoms with Gasteiger partial charge in [0.15, 0.2) is 11.6 Å². The van der Waals surface area contributed by atoms with Crippen molar-refractivity contribution < 1.29 is 9.50 Å². The second kappa shape index (κ2) is 5.27. The summed E-state index contributed by atoms with van der Waals surface area (Å²) in [6.45, 7) is 5.30. The van der Waals surface area contributed by atoms with Gasteiger partial charge in [-0.25, -0.2) is 4.39 Å². The standard InChI is InChI=1S/C15H22FNO/c1-15(2)7-5-12(6-8-15)17-10-11-3-4-14(18)13(16)9-11/h3-4,9,12,17-18H,5-8,10H2,1-2H3. The summed E-state index contributed by atoms with van der Waals surface area (Å²) in [7, 11) is 0. The molecule has 0 amide bonds. The van der Waals surface area contributed by atoms with Crippen LogP contribution in [0.15, 0.2) is 18.2 Å². The Labute approximate surface area is 108 Å². The maximum atomic E-state index is 13.2. The van der Waals surface area contributed by atoms with Gasteiger partial charge in [0.1, 0.15) is 0 Å². The molecule has 0 atom stereocenters. The van der Waals surface area contributed by atoms with Crippen LogP contribution in [0.2, 0.25) is 0 Å². The summed E-state index contributed by atoms with van der Waals surface area (Å²) < 4.78 is 13.2. The van der Waals surface area contributed by atoms with E-state index < -0.39 is 5.82 Å². The van der Waals surface area contributed by atoms with Crippen molar-refractivity contribution in [2.24, 2.45) is 5.41 Å². The van der Waals surface area contributed by atoms with E-state index in [9.17, 15) is 4.39 Å². The predicted octanol–water partition coefficient (Wildman–Crippen LogP) is 3.59. The maximum absolute atomic E-state index is 13.2. The lowest BCUT2D eigenvalue weighted by Gasteiger charge is -2.34. The van der Waals surface area contributed by atoms with Gasteiger partial charge in [-0.15, -0.1) is 0 Å². The van der Waals surface area contributed by atoms with Crippen LogP contribution in [0.5, 0.6) is 5.75 Å². The first-order valence-electron chi connectivity index (χ1n) is 6.67. The lowest BCUT2D eigenvalue weighted by molar-refractivity contribution is 0.206.